The summed E-state index contributed by atoms with van der Waals surface area (Å²) in [6.07, 6.45) is 0.910. The number of para-hydroxylation sites is 1. The predicted molar refractivity (Wildman–Crippen MR) is 134 cm³/mol. The summed E-state index contributed by atoms with van der Waals surface area (Å²) in [5.74, 6) is 1.22. The zero-order valence-corrected chi connectivity index (χ0v) is 20.7. The normalized spacial score (nSPS) is 15.2. The second kappa shape index (κ2) is 9.14. The molecule has 0 unspecified atom stereocenters. The van der Waals surface area contributed by atoms with Crippen LogP contribution in [0.1, 0.15) is 53.0 Å². The molecule has 0 saturated carbocycles. The molecule has 1 aliphatic heterocycles. The van der Waals surface area contributed by atoms with Crippen LogP contribution in [0.15, 0.2) is 51.7 Å². The fourth-order valence-corrected chi connectivity index (χ4v) is 4.91. The molecule has 0 fully saturated rings. The van der Waals surface area contributed by atoms with E-state index in [9.17, 15) is 9.59 Å². The second-order valence-corrected chi connectivity index (χ2v) is 9.95. The van der Waals surface area contributed by atoms with Gasteiger partial charge >= 0.3 is 0 Å². The standard InChI is InChI=1S/C26H25N3O5S/c1-14(2)11-12-33-19-10-9-16(13-20(19)32-4)22-21-23(30)17-7-5-6-8-18(17)34-24(21)25(31)29(22)26-28-27-15(3)35-26/h5-10,13-14,22H,11-12H2,1-4H3/t22-/m0/s1. The molecule has 0 spiro atoms. The molecule has 2 aromatic heterocycles. The zero-order chi connectivity index (χ0) is 24.7. The van der Waals surface area contributed by atoms with Crippen LogP contribution in [0.5, 0.6) is 11.5 Å². The summed E-state index contributed by atoms with van der Waals surface area (Å²) >= 11 is 1.28. The van der Waals surface area contributed by atoms with Crippen molar-refractivity contribution >= 4 is 33.3 Å². The van der Waals surface area contributed by atoms with Gasteiger partial charge in [0.2, 0.25) is 10.9 Å². The van der Waals surface area contributed by atoms with Gasteiger partial charge in [0.1, 0.15) is 10.6 Å². The van der Waals surface area contributed by atoms with Crippen LogP contribution in [-0.2, 0) is 0 Å². The van der Waals surface area contributed by atoms with Gasteiger partial charge in [0, 0.05) is 0 Å². The van der Waals surface area contributed by atoms with Crippen molar-refractivity contribution in [3.8, 4) is 11.5 Å². The minimum atomic E-state index is -0.746. The van der Waals surface area contributed by atoms with E-state index in [1.165, 1.54) is 16.2 Å². The van der Waals surface area contributed by atoms with Crippen LogP contribution in [0.3, 0.4) is 0 Å². The first-order chi connectivity index (χ1) is 16.9. The van der Waals surface area contributed by atoms with E-state index in [0.717, 1.165) is 6.42 Å². The Kier molecular flexibility index (Phi) is 6.02. The lowest BCUT2D eigenvalue weighted by Gasteiger charge is -2.23. The number of ether oxygens (including phenoxy) is 2. The number of methoxy groups -OCH3 is 1. The summed E-state index contributed by atoms with van der Waals surface area (Å²) in [6.45, 7) is 6.65. The fourth-order valence-electron chi connectivity index (χ4n) is 4.19. The maximum atomic E-state index is 13.6. The van der Waals surface area contributed by atoms with Crippen LogP contribution in [0.2, 0.25) is 0 Å². The molecule has 0 saturated heterocycles. The molecular weight excluding hydrogens is 466 g/mol. The number of hydrogen-bond donors (Lipinski definition) is 0. The first kappa shape index (κ1) is 23.0. The Morgan fingerprint density at radius 1 is 1.11 bits per heavy atom. The summed E-state index contributed by atoms with van der Waals surface area (Å²) in [5, 5.41) is 9.79. The largest absolute Gasteiger partial charge is 0.493 e. The predicted octanol–water partition coefficient (Wildman–Crippen LogP) is 5.14. The third kappa shape index (κ3) is 4.05. The van der Waals surface area contributed by atoms with Gasteiger partial charge in [-0.1, -0.05) is 43.4 Å². The maximum Gasteiger partial charge on any atom is 0.297 e. The number of nitrogens with zero attached hydrogens (tertiary/aromatic N) is 3. The zero-order valence-electron chi connectivity index (χ0n) is 19.9. The monoisotopic (exact) mass is 491 g/mol. The molecule has 1 amide bonds. The van der Waals surface area contributed by atoms with Gasteiger partial charge in [-0.25, -0.2) is 0 Å². The van der Waals surface area contributed by atoms with Crippen LogP contribution in [0, 0.1) is 12.8 Å². The van der Waals surface area contributed by atoms with Crippen molar-refractivity contribution in [2.45, 2.75) is 33.2 Å². The van der Waals surface area contributed by atoms with Gasteiger partial charge < -0.3 is 13.9 Å². The van der Waals surface area contributed by atoms with E-state index >= 15 is 0 Å². The Bertz CT molecular complexity index is 1480. The van der Waals surface area contributed by atoms with E-state index in [4.69, 9.17) is 13.9 Å². The average molecular weight is 492 g/mol. The lowest BCUT2D eigenvalue weighted by Crippen LogP contribution is -2.29. The number of amides is 1. The number of rotatable bonds is 7. The average Bonchev–Trinajstić information content (AvgIpc) is 3.40. The van der Waals surface area contributed by atoms with Gasteiger partial charge in [-0.05, 0) is 49.1 Å². The van der Waals surface area contributed by atoms with Crippen LogP contribution in [-0.4, -0.2) is 29.8 Å². The SMILES string of the molecule is COc1cc([C@H]2c3c(oc4ccccc4c3=O)C(=O)N2c2nnc(C)s2)ccc1OCCC(C)C. The van der Waals surface area contributed by atoms with Crippen LogP contribution in [0.4, 0.5) is 5.13 Å². The van der Waals surface area contributed by atoms with E-state index in [-0.39, 0.29) is 16.8 Å². The topological polar surface area (TPSA) is 94.8 Å². The van der Waals surface area contributed by atoms with Crippen molar-refractivity contribution in [1.82, 2.24) is 10.2 Å². The smallest absolute Gasteiger partial charge is 0.297 e. The van der Waals surface area contributed by atoms with Gasteiger partial charge in [-0.2, -0.15) is 0 Å². The molecular formula is C26H25N3O5S. The van der Waals surface area contributed by atoms with E-state index in [1.54, 1.807) is 37.4 Å². The highest BCUT2D eigenvalue weighted by Crippen LogP contribution is 2.43. The van der Waals surface area contributed by atoms with Crippen molar-refractivity contribution in [2.24, 2.45) is 5.92 Å². The number of aromatic nitrogens is 2. The molecule has 0 bridgehead atoms. The Morgan fingerprint density at radius 2 is 1.91 bits per heavy atom. The first-order valence-corrected chi connectivity index (χ1v) is 12.2. The molecule has 9 heteroatoms. The summed E-state index contributed by atoms with van der Waals surface area (Å²) in [6, 6.07) is 11.6. The number of carbonyl (C=O) groups is 1. The van der Waals surface area contributed by atoms with Gasteiger partial charge in [-0.3, -0.25) is 14.5 Å². The van der Waals surface area contributed by atoms with Gasteiger partial charge in [0.25, 0.3) is 5.91 Å². The third-order valence-electron chi connectivity index (χ3n) is 5.96. The van der Waals surface area contributed by atoms with Crippen molar-refractivity contribution in [3.05, 3.63) is 74.6 Å². The molecule has 35 heavy (non-hydrogen) atoms. The molecule has 0 radical (unpaired) electrons. The maximum absolute atomic E-state index is 13.6. The lowest BCUT2D eigenvalue weighted by molar-refractivity contribution is 0.0970. The van der Waals surface area contributed by atoms with Crippen LogP contribution < -0.4 is 19.8 Å². The highest BCUT2D eigenvalue weighted by Gasteiger charge is 2.45. The summed E-state index contributed by atoms with van der Waals surface area (Å²) in [4.78, 5) is 28.7. The Hall–Kier alpha value is -3.72. The first-order valence-electron chi connectivity index (χ1n) is 11.4. The molecule has 180 valence electrons. The number of anilines is 1. The Balaban J connectivity index is 1.66. The van der Waals surface area contributed by atoms with E-state index < -0.39 is 11.9 Å². The number of hydrogen-bond acceptors (Lipinski definition) is 8. The highest BCUT2D eigenvalue weighted by atomic mass is 32.1. The molecule has 1 atom stereocenters. The molecule has 1 aliphatic rings. The molecule has 3 heterocycles. The number of fused-ring (bicyclic) bond motifs is 2. The van der Waals surface area contributed by atoms with E-state index in [0.29, 0.717) is 50.7 Å². The van der Waals surface area contributed by atoms with Crippen molar-refractivity contribution in [3.63, 3.8) is 0 Å². The molecule has 4 aromatic rings. The molecule has 0 aliphatic carbocycles. The van der Waals surface area contributed by atoms with Crippen molar-refractivity contribution in [2.75, 3.05) is 18.6 Å². The van der Waals surface area contributed by atoms with Gasteiger partial charge in [0.15, 0.2) is 16.9 Å². The summed E-state index contributed by atoms with van der Waals surface area (Å²) in [5.41, 5.74) is 1.07. The van der Waals surface area contributed by atoms with Gasteiger partial charge in [0.05, 0.1) is 30.7 Å². The third-order valence-corrected chi connectivity index (χ3v) is 6.79. The molecule has 0 N–H and O–H groups in total. The van der Waals surface area contributed by atoms with Crippen LogP contribution in [0.25, 0.3) is 11.0 Å². The Labute approximate surface area is 206 Å². The highest BCUT2D eigenvalue weighted by molar-refractivity contribution is 7.15. The molecule has 8 nitrogen and oxygen atoms in total. The fraction of sp³-hybridized carbons (Fsp3) is 0.308. The van der Waals surface area contributed by atoms with Crippen molar-refractivity contribution in [1.29, 1.82) is 0 Å². The molecule has 2 aromatic carbocycles. The molecule has 5 rings (SSSR count). The number of aryl methyl sites for hydroxylation is 1. The second-order valence-electron chi connectivity index (χ2n) is 8.79. The van der Waals surface area contributed by atoms with E-state index in [2.05, 4.69) is 24.0 Å². The minimum absolute atomic E-state index is 0.0165. The van der Waals surface area contributed by atoms with Gasteiger partial charge in [-0.15, -0.1) is 10.2 Å². The lowest BCUT2D eigenvalue weighted by atomic mass is 9.98. The number of carbonyl (C=O) groups excluding carboxylic acids is 1. The van der Waals surface area contributed by atoms with Crippen molar-refractivity contribution < 1.29 is 18.7 Å². The van der Waals surface area contributed by atoms with Crippen LogP contribution >= 0.6 is 11.3 Å². The minimum Gasteiger partial charge on any atom is -0.493 e. The Morgan fingerprint density at radius 3 is 2.63 bits per heavy atom. The summed E-state index contributed by atoms with van der Waals surface area (Å²) in [7, 11) is 1.57. The summed E-state index contributed by atoms with van der Waals surface area (Å²) < 4.78 is 17.5. The number of benzene rings is 2. The quantitative estimate of drug-likeness (QED) is 0.353. The van der Waals surface area contributed by atoms with E-state index in [1.807, 2.05) is 19.1 Å².